The Morgan fingerprint density at radius 3 is 1.78 bits per heavy atom. The molecule has 0 fully saturated rings. The first kappa shape index (κ1) is 26.5. The largest absolute Gasteiger partial charge is 1.00 e. The SMILES string of the molecule is CCCCC1=CC=C[C]1([Ti+3])C(C)(c1ccccc1)c1ccccc1.[Cl-].[Cl-].[Cl-]. The van der Waals surface area contributed by atoms with Gasteiger partial charge >= 0.3 is 158 Å². The van der Waals surface area contributed by atoms with E-state index in [0.29, 0.717) is 0 Å². The zero-order valence-electron chi connectivity index (χ0n) is 15.8. The van der Waals surface area contributed by atoms with Gasteiger partial charge < -0.3 is 37.2 Å². The molecule has 1 unspecified atom stereocenters. The molecule has 1 atom stereocenters. The Kier molecular flexibility index (Phi) is 11.3. The number of allylic oxidation sites excluding steroid dienone is 4. The van der Waals surface area contributed by atoms with Gasteiger partial charge in [-0.1, -0.05) is 0 Å². The van der Waals surface area contributed by atoms with E-state index in [9.17, 15) is 0 Å². The molecule has 3 rings (SSSR count). The maximum Gasteiger partial charge on any atom is -1.00 e. The van der Waals surface area contributed by atoms with E-state index in [0.717, 1.165) is 0 Å². The molecule has 0 nitrogen and oxygen atoms in total. The molecule has 1 aliphatic rings. The predicted molar refractivity (Wildman–Crippen MR) is 98.8 cm³/mol. The first-order valence-electron chi connectivity index (χ1n) is 8.88. The summed E-state index contributed by atoms with van der Waals surface area (Å²) in [6, 6.07) is 22.0. The summed E-state index contributed by atoms with van der Waals surface area (Å²) < 4.78 is 0.00484. The summed E-state index contributed by atoms with van der Waals surface area (Å²) in [4.78, 5) is 0. The van der Waals surface area contributed by atoms with Crippen LogP contribution >= 0.6 is 0 Å². The first-order valence-corrected chi connectivity index (χ1v) is 9.66. The van der Waals surface area contributed by atoms with Crippen LogP contribution in [0.1, 0.15) is 44.2 Å². The molecule has 27 heavy (non-hydrogen) atoms. The molecule has 142 valence electrons. The van der Waals surface area contributed by atoms with Crippen LogP contribution in [0.25, 0.3) is 0 Å². The fraction of sp³-hybridized carbons (Fsp3) is 0.304. The second-order valence-electron chi connectivity index (χ2n) is 6.82. The molecule has 0 amide bonds. The third-order valence-corrected chi connectivity index (χ3v) is 6.98. The second-order valence-corrected chi connectivity index (χ2v) is 8.05. The summed E-state index contributed by atoms with van der Waals surface area (Å²) in [7, 11) is 0. The van der Waals surface area contributed by atoms with Crippen molar-refractivity contribution in [2.24, 2.45) is 0 Å². The Balaban J connectivity index is 0.00000225. The van der Waals surface area contributed by atoms with Crippen LogP contribution in [0.3, 0.4) is 0 Å². The molecule has 0 N–H and O–H groups in total. The summed E-state index contributed by atoms with van der Waals surface area (Å²) in [5.41, 5.74) is 4.24. The van der Waals surface area contributed by atoms with E-state index in [-0.39, 0.29) is 46.4 Å². The van der Waals surface area contributed by atoms with Crippen LogP contribution < -0.4 is 37.2 Å². The van der Waals surface area contributed by atoms with Crippen molar-refractivity contribution in [2.75, 3.05) is 0 Å². The van der Waals surface area contributed by atoms with Gasteiger partial charge in [0.25, 0.3) is 0 Å². The number of benzene rings is 2. The van der Waals surface area contributed by atoms with Gasteiger partial charge in [0, 0.05) is 0 Å². The summed E-state index contributed by atoms with van der Waals surface area (Å²) in [5, 5.41) is 0. The number of rotatable bonds is 6. The predicted octanol–water partition coefficient (Wildman–Crippen LogP) is -2.60. The minimum Gasteiger partial charge on any atom is -1.00 e. The van der Waals surface area contributed by atoms with Crippen LogP contribution in [-0.2, 0) is 25.9 Å². The molecule has 0 saturated carbocycles. The van der Waals surface area contributed by atoms with Crippen LogP contribution in [0.2, 0.25) is 3.72 Å². The van der Waals surface area contributed by atoms with Crippen molar-refractivity contribution in [1.29, 1.82) is 0 Å². The van der Waals surface area contributed by atoms with E-state index in [1.807, 2.05) is 0 Å². The summed E-state index contributed by atoms with van der Waals surface area (Å²) >= 11 is 2.41. The van der Waals surface area contributed by atoms with Crippen molar-refractivity contribution in [3.05, 3.63) is 95.6 Å². The molecular weight excluding hydrogens is 430 g/mol. The van der Waals surface area contributed by atoms with Gasteiger partial charge in [0.05, 0.1) is 0 Å². The topological polar surface area (TPSA) is 0 Å². The van der Waals surface area contributed by atoms with E-state index in [2.05, 4.69) is 113 Å². The van der Waals surface area contributed by atoms with Crippen LogP contribution in [0.15, 0.2) is 84.5 Å². The quantitative estimate of drug-likeness (QED) is 0.419. The molecule has 0 heterocycles. The maximum atomic E-state index is 2.41. The number of hydrogen-bond acceptors (Lipinski definition) is 0. The smallest absolute Gasteiger partial charge is 1.00 e. The van der Waals surface area contributed by atoms with E-state index >= 15 is 0 Å². The van der Waals surface area contributed by atoms with Crippen LogP contribution in [0.4, 0.5) is 0 Å². The molecule has 2 aromatic carbocycles. The Morgan fingerprint density at radius 2 is 1.33 bits per heavy atom. The van der Waals surface area contributed by atoms with Gasteiger partial charge in [0.15, 0.2) is 0 Å². The Bertz CT molecular complexity index is 701. The minimum absolute atomic E-state index is 0. The van der Waals surface area contributed by atoms with Crippen molar-refractivity contribution in [1.82, 2.24) is 0 Å². The van der Waals surface area contributed by atoms with Gasteiger partial charge in [0.2, 0.25) is 0 Å². The Hall–Kier alpha value is -0.496. The van der Waals surface area contributed by atoms with Crippen LogP contribution in [0, 0.1) is 0 Å². The van der Waals surface area contributed by atoms with E-state index in [4.69, 9.17) is 0 Å². The van der Waals surface area contributed by atoms with Crippen molar-refractivity contribution in [2.45, 2.75) is 42.2 Å². The molecule has 2 aromatic rings. The van der Waals surface area contributed by atoms with E-state index in [1.54, 1.807) is 5.57 Å². The van der Waals surface area contributed by atoms with E-state index < -0.39 is 0 Å². The van der Waals surface area contributed by atoms with Gasteiger partial charge in [-0.2, -0.15) is 0 Å². The van der Waals surface area contributed by atoms with Crippen LogP contribution in [-0.4, -0.2) is 0 Å². The fourth-order valence-electron chi connectivity index (χ4n) is 3.85. The van der Waals surface area contributed by atoms with Gasteiger partial charge in [-0.25, -0.2) is 0 Å². The molecule has 0 bridgehead atoms. The second kappa shape index (κ2) is 11.5. The van der Waals surface area contributed by atoms with Crippen molar-refractivity contribution in [3.8, 4) is 0 Å². The van der Waals surface area contributed by atoms with Crippen molar-refractivity contribution >= 4 is 0 Å². The molecule has 0 saturated heterocycles. The van der Waals surface area contributed by atoms with Gasteiger partial charge in [0.1, 0.15) is 0 Å². The Labute approximate surface area is 194 Å². The summed E-state index contributed by atoms with van der Waals surface area (Å²) in [6.07, 6.45) is 10.7. The van der Waals surface area contributed by atoms with Gasteiger partial charge in [-0.15, -0.1) is 0 Å². The number of unbranched alkanes of at least 4 members (excludes halogenated alkanes) is 1. The summed E-state index contributed by atoms with van der Waals surface area (Å²) in [5.74, 6) is 0. The number of hydrogen-bond donors (Lipinski definition) is 0. The van der Waals surface area contributed by atoms with Crippen LogP contribution in [0.5, 0.6) is 0 Å². The average molecular weight is 456 g/mol. The monoisotopic (exact) mass is 454 g/mol. The van der Waals surface area contributed by atoms with Crippen molar-refractivity contribution in [3.63, 3.8) is 0 Å². The molecular formula is C23H25Cl3Ti. The fourth-order valence-corrected chi connectivity index (χ4v) is 4.77. The third-order valence-electron chi connectivity index (χ3n) is 5.44. The molecule has 1 aliphatic carbocycles. The maximum absolute atomic E-state index is 2.41. The minimum atomic E-state index is -0.0813. The zero-order valence-corrected chi connectivity index (χ0v) is 19.6. The van der Waals surface area contributed by atoms with Gasteiger partial charge in [-0.05, 0) is 0 Å². The molecule has 0 radical (unpaired) electrons. The average Bonchev–Trinajstić information content (AvgIpc) is 3.03. The standard InChI is InChI=1S/C23H25.3ClH.Ti/c1-3-4-12-19-13-11-18-22(19)23(2,20-14-7-5-8-15-20)21-16-9-6-10-17-21;;;;/h5-11,13-18H,3-4,12H2,1-2H3;3*1H;/q;;;;+3/p-3. The molecule has 4 heteroatoms. The van der Waals surface area contributed by atoms with E-state index in [1.165, 1.54) is 30.4 Å². The zero-order chi connectivity index (χ0) is 17.0. The first-order chi connectivity index (χ1) is 11.6. The third kappa shape index (κ3) is 4.92. The molecule has 0 aromatic heterocycles. The Morgan fingerprint density at radius 1 is 0.852 bits per heavy atom. The molecule has 0 spiro atoms. The normalized spacial score (nSPS) is 18.0. The molecule has 0 aliphatic heterocycles. The van der Waals surface area contributed by atoms with Gasteiger partial charge in [-0.3, -0.25) is 0 Å². The summed E-state index contributed by atoms with van der Waals surface area (Å²) in [6.45, 7) is 4.68. The van der Waals surface area contributed by atoms with Crippen molar-refractivity contribution < 1.29 is 57.7 Å². The number of halogens is 3.